The Balaban J connectivity index is 1.90. The quantitative estimate of drug-likeness (QED) is 0.764. The summed E-state index contributed by atoms with van der Waals surface area (Å²) in [7, 11) is 0. The number of aliphatic hydroxyl groups is 1. The van der Waals surface area contributed by atoms with E-state index in [1.807, 2.05) is 0 Å². The monoisotopic (exact) mass is 228 g/mol. The normalized spacial score (nSPS) is 32.9. The van der Waals surface area contributed by atoms with E-state index in [0.29, 0.717) is 38.5 Å². The molecule has 0 amide bonds. The van der Waals surface area contributed by atoms with Crippen molar-refractivity contribution >= 4 is 0 Å². The van der Waals surface area contributed by atoms with E-state index < -0.39 is 6.10 Å². The van der Waals surface area contributed by atoms with Crippen LogP contribution in [0.25, 0.3) is 0 Å². The lowest BCUT2D eigenvalue weighted by Gasteiger charge is -2.31. The van der Waals surface area contributed by atoms with Crippen LogP contribution in [0.1, 0.15) is 38.5 Å². The highest BCUT2D eigenvalue weighted by molar-refractivity contribution is 5.03. The maximum absolute atomic E-state index is 12.8. The standard InChI is InChI=1S/C13H18F2O/c14-11-5-1-9(2-6-11)13(16)10-3-7-12(15)8-4-10/h5,7,9-10,13,16H,1-4,6,8H2. The van der Waals surface area contributed by atoms with Gasteiger partial charge in [0.1, 0.15) is 0 Å². The smallest absolute Gasteiger partial charge is 0.0960 e. The molecule has 0 heterocycles. The van der Waals surface area contributed by atoms with Crippen LogP contribution in [0.5, 0.6) is 0 Å². The van der Waals surface area contributed by atoms with Gasteiger partial charge < -0.3 is 5.11 Å². The lowest BCUT2D eigenvalue weighted by Crippen LogP contribution is -2.31. The average molecular weight is 228 g/mol. The van der Waals surface area contributed by atoms with E-state index in [2.05, 4.69) is 0 Å². The molecule has 1 nitrogen and oxygen atoms in total. The lowest BCUT2D eigenvalue weighted by molar-refractivity contribution is 0.0385. The Morgan fingerprint density at radius 1 is 1.00 bits per heavy atom. The van der Waals surface area contributed by atoms with Crippen molar-refractivity contribution in [3.63, 3.8) is 0 Å². The molecule has 0 aromatic heterocycles. The van der Waals surface area contributed by atoms with Gasteiger partial charge >= 0.3 is 0 Å². The van der Waals surface area contributed by atoms with Gasteiger partial charge in [0.2, 0.25) is 0 Å². The minimum atomic E-state index is -0.409. The summed E-state index contributed by atoms with van der Waals surface area (Å²) in [5.74, 6) is 0.189. The summed E-state index contributed by atoms with van der Waals surface area (Å²) in [5, 5.41) is 10.2. The van der Waals surface area contributed by atoms with Crippen LogP contribution in [-0.2, 0) is 0 Å². The molecule has 0 aromatic carbocycles. The fourth-order valence-electron chi connectivity index (χ4n) is 2.65. The van der Waals surface area contributed by atoms with Gasteiger partial charge in [-0.2, -0.15) is 0 Å². The van der Waals surface area contributed by atoms with Gasteiger partial charge in [-0.15, -0.1) is 0 Å². The summed E-state index contributed by atoms with van der Waals surface area (Å²) in [6.07, 6.45) is 6.31. The van der Waals surface area contributed by atoms with Crippen LogP contribution in [0.15, 0.2) is 23.8 Å². The number of hydrogen-bond donors (Lipinski definition) is 1. The van der Waals surface area contributed by atoms with Crippen LogP contribution in [0.4, 0.5) is 8.78 Å². The first-order valence-corrected chi connectivity index (χ1v) is 6.04. The van der Waals surface area contributed by atoms with Crippen LogP contribution in [0.3, 0.4) is 0 Å². The maximum Gasteiger partial charge on any atom is 0.0960 e. The average Bonchev–Trinajstić information content (AvgIpc) is 2.30. The largest absolute Gasteiger partial charge is 0.393 e. The summed E-state index contributed by atoms with van der Waals surface area (Å²) in [5.41, 5.74) is 0. The molecular formula is C13H18F2O. The molecule has 0 spiro atoms. The number of halogens is 2. The fourth-order valence-corrected chi connectivity index (χ4v) is 2.65. The Labute approximate surface area is 94.9 Å². The maximum atomic E-state index is 12.8. The molecule has 0 saturated heterocycles. The number of rotatable bonds is 2. The van der Waals surface area contributed by atoms with Crippen LogP contribution in [0, 0.1) is 11.8 Å². The van der Waals surface area contributed by atoms with Crippen LogP contribution in [0.2, 0.25) is 0 Å². The van der Waals surface area contributed by atoms with E-state index in [9.17, 15) is 13.9 Å². The summed E-state index contributed by atoms with van der Waals surface area (Å²) in [6, 6.07) is 0. The Bertz CT molecular complexity index is 279. The van der Waals surface area contributed by atoms with E-state index in [1.54, 1.807) is 12.2 Å². The zero-order valence-corrected chi connectivity index (χ0v) is 9.33. The van der Waals surface area contributed by atoms with Gasteiger partial charge in [-0.1, -0.05) is 12.2 Å². The van der Waals surface area contributed by atoms with Gasteiger partial charge in [0.25, 0.3) is 0 Å². The summed E-state index contributed by atoms with van der Waals surface area (Å²) in [4.78, 5) is 0. The minimum Gasteiger partial charge on any atom is -0.393 e. The summed E-state index contributed by atoms with van der Waals surface area (Å²) in [6.45, 7) is 0. The number of allylic oxidation sites excluding steroid dienone is 4. The molecule has 2 atom stereocenters. The van der Waals surface area contributed by atoms with Crippen molar-refractivity contribution < 1.29 is 13.9 Å². The van der Waals surface area contributed by atoms with E-state index in [-0.39, 0.29) is 23.5 Å². The van der Waals surface area contributed by atoms with Gasteiger partial charge in [0.15, 0.2) is 0 Å². The molecule has 16 heavy (non-hydrogen) atoms. The van der Waals surface area contributed by atoms with Gasteiger partial charge in [0, 0.05) is 0 Å². The van der Waals surface area contributed by atoms with Crippen molar-refractivity contribution in [2.24, 2.45) is 11.8 Å². The van der Waals surface area contributed by atoms with Gasteiger partial charge in [-0.3, -0.25) is 0 Å². The van der Waals surface area contributed by atoms with Crippen molar-refractivity contribution in [2.45, 2.75) is 44.6 Å². The molecule has 3 heteroatoms. The molecule has 2 unspecified atom stereocenters. The fraction of sp³-hybridized carbons (Fsp3) is 0.692. The third-order valence-corrected chi connectivity index (χ3v) is 3.76. The highest BCUT2D eigenvalue weighted by Gasteiger charge is 2.29. The van der Waals surface area contributed by atoms with Crippen LogP contribution < -0.4 is 0 Å². The molecular weight excluding hydrogens is 210 g/mol. The molecule has 0 aliphatic heterocycles. The van der Waals surface area contributed by atoms with Crippen molar-refractivity contribution in [3.05, 3.63) is 23.8 Å². The molecule has 0 saturated carbocycles. The Morgan fingerprint density at radius 3 is 1.75 bits per heavy atom. The predicted octanol–water partition coefficient (Wildman–Crippen LogP) is 3.65. The van der Waals surface area contributed by atoms with Gasteiger partial charge in [0.05, 0.1) is 17.8 Å². The first kappa shape index (κ1) is 11.8. The second-order valence-electron chi connectivity index (χ2n) is 4.86. The molecule has 2 aliphatic carbocycles. The highest BCUT2D eigenvalue weighted by atomic mass is 19.1. The second-order valence-corrected chi connectivity index (χ2v) is 4.86. The molecule has 0 bridgehead atoms. The van der Waals surface area contributed by atoms with E-state index in [0.717, 1.165) is 0 Å². The third-order valence-electron chi connectivity index (χ3n) is 3.76. The van der Waals surface area contributed by atoms with Crippen LogP contribution >= 0.6 is 0 Å². The second kappa shape index (κ2) is 5.09. The zero-order chi connectivity index (χ0) is 11.5. The molecule has 0 aromatic rings. The Morgan fingerprint density at radius 2 is 1.44 bits per heavy atom. The number of aliphatic hydroxyl groups excluding tert-OH is 1. The van der Waals surface area contributed by atoms with Crippen molar-refractivity contribution in [1.82, 2.24) is 0 Å². The lowest BCUT2D eigenvalue weighted by atomic mass is 9.78. The SMILES string of the molecule is OC(C1CC=C(F)CC1)C1CC=C(F)CC1. The minimum absolute atomic E-state index is 0.0574. The van der Waals surface area contributed by atoms with E-state index in [4.69, 9.17) is 0 Å². The van der Waals surface area contributed by atoms with E-state index >= 15 is 0 Å². The van der Waals surface area contributed by atoms with Crippen molar-refractivity contribution in [3.8, 4) is 0 Å². The van der Waals surface area contributed by atoms with Gasteiger partial charge in [-0.05, 0) is 50.4 Å². The number of hydrogen-bond acceptors (Lipinski definition) is 1. The zero-order valence-electron chi connectivity index (χ0n) is 9.33. The molecule has 1 N–H and O–H groups in total. The molecule has 0 radical (unpaired) electrons. The van der Waals surface area contributed by atoms with Gasteiger partial charge in [-0.25, -0.2) is 8.78 Å². The molecule has 2 rings (SSSR count). The molecule has 90 valence electrons. The third kappa shape index (κ3) is 2.70. The predicted molar refractivity (Wildman–Crippen MR) is 59.1 cm³/mol. The topological polar surface area (TPSA) is 20.2 Å². The van der Waals surface area contributed by atoms with Crippen molar-refractivity contribution in [1.29, 1.82) is 0 Å². The molecule has 2 aliphatic rings. The molecule has 0 fully saturated rings. The highest BCUT2D eigenvalue weighted by Crippen LogP contribution is 2.35. The van der Waals surface area contributed by atoms with Crippen molar-refractivity contribution in [2.75, 3.05) is 0 Å². The van der Waals surface area contributed by atoms with Crippen LogP contribution in [-0.4, -0.2) is 11.2 Å². The summed E-state index contributed by atoms with van der Waals surface area (Å²) >= 11 is 0. The summed E-state index contributed by atoms with van der Waals surface area (Å²) < 4.78 is 25.7. The van der Waals surface area contributed by atoms with E-state index in [1.165, 1.54) is 0 Å². The first-order valence-electron chi connectivity index (χ1n) is 6.04. The first-order chi connectivity index (χ1) is 7.66. The Kier molecular flexibility index (Phi) is 3.74. The Hall–Kier alpha value is -0.700.